The number of rotatable bonds is 2. The maximum absolute atomic E-state index is 8.50. The molecule has 2 rings (SSSR count). The van der Waals surface area contributed by atoms with Crippen molar-refractivity contribution in [1.82, 2.24) is 0 Å². The minimum absolute atomic E-state index is 0.867. The molecule has 0 aliphatic rings. The Labute approximate surface area is 101 Å². The topological polar surface area (TPSA) is 23.8 Å². The summed E-state index contributed by atoms with van der Waals surface area (Å²) in [4.78, 5) is 0. The van der Waals surface area contributed by atoms with Gasteiger partial charge in [0, 0.05) is 21.5 Å². The maximum atomic E-state index is 8.50. The lowest BCUT2D eigenvalue weighted by atomic mass is 10.1. The van der Waals surface area contributed by atoms with E-state index in [2.05, 4.69) is 39.5 Å². The molecule has 0 unspecified atom stereocenters. The van der Waals surface area contributed by atoms with Gasteiger partial charge >= 0.3 is 0 Å². The predicted octanol–water partition coefficient (Wildman–Crippen LogP) is 4.33. The minimum atomic E-state index is 0.867. The zero-order valence-corrected chi connectivity index (χ0v) is 10.3. The number of hydrogen-bond donors (Lipinski definition) is 0. The first-order chi connectivity index (χ1) is 7.36. The molecule has 0 bridgehead atoms. The van der Waals surface area contributed by atoms with Gasteiger partial charge in [-0.25, -0.2) is 0 Å². The summed E-state index contributed by atoms with van der Waals surface area (Å²) in [7, 11) is 0. The molecule has 0 saturated heterocycles. The molecule has 1 nitrogen and oxygen atoms in total. The molecule has 2 aromatic rings. The molecule has 0 amide bonds. The first-order valence-corrected chi connectivity index (χ1v) is 6.48. The first kappa shape index (κ1) is 10.4. The highest BCUT2D eigenvalue weighted by Crippen LogP contribution is 2.30. The van der Waals surface area contributed by atoms with Crippen molar-refractivity contribution in [3.63, 3.8) is 0 Å². The Balaban J connectivity index is 2.62. The SMILES string of the molecule is N#CC=Cc1csc2c(CBr)cccc12. The minimum Gasteiger partial charge on any atom is -0.193 e. The summed E-state index contributed by atoms with van der Waals surface area (Å²) >= 11 is 5.20. The van der Waals surface area contributed by atoms with Crippen LogP contribution in [0.4, 0.5) is 0 Å². The molecule has 0 N–H and O–H groups in total. The summed E-state index contributed by atoms with van der Waals surface area (Å²) in [6.45, 7) is 0. The first-order valence-electron chi connectivity index (χ1n) is 4.48. The van der Waals surface area contributed by atoms with Gasteiger partial charge in [-0.2, -0.15) is 5.26 Å². The monoisotopic (exact) mass is 277 g/mol. The van der Waals surface area contributed by atoms with Crippen LogP contribution in [0, 0.1) is 11.3 Å². The smallest absolute Gasteiger partial charge is 0.0912 e. The van der Waals surface area contributed by atoms with Crippen molar-refractivity contribution in [2.24, 2.45) is 0 Å². The van der Waals surface area contributed by atoms with E-state index in [-0.39, 0.29) is 0 Å². The van der Waals surface area contributed by atoms with Gasteiger partial charge in [0.05, 0.1) is 6.07 Å². The summed E-state index contributed by atoms with van der Waals surface area (Å²) in [5, 5.41) is 12.7. The lowest BCUT2D eigenvalue weighted by Crippen LogP contribution is -1.76. The van der Waals surface area contributed by atoms with Gasteiger partial charge in [0.15, 0.2) is 0 Å². The fourth-order valence-corrected chi connectivity index (χ4v) is 3.21. The number of thiophene rings is 1. The molecular weight excluding hydrogens is 270 g/mol. The quantitative estimate of drug-likeness (QED) is 0.592. The summed E-state index contributed by atoms with van der Waals surface area (Å²) in [5.41, 5.74) is 2.42. The Hall–Kier alpha value is -1.11. The number of fused-ring (bicyclic) bond motifs is 1. The standard InChI is InChI=1S/C12H8BrNS/c13-7-9-3-1-5-11-10(4-2-6-14)8-15-12(9)11/h1-5,8H,7H2. The molecule has 15 heavy (non-hydrogen) atoms. The average Bonchev–Trinajstić information content (AvgIpc) is 2.69. The van der Waals surface area contributed by atoms with Crippen LogP contribution in [0.3, 0.4) is 0 Å². The van der Waals surface area contributed by atoms with Crippen LogP contribution in [0.2, 0.25) is 0 Å². The summed E-state index contributed by atoms with van der Waals surface area (Å²) in [5.74, 6) is 0. The van der Waals surface area contributed by atoms with Gasteiger partial charge in [0.25, 0.3) is 0 Å². The number of nitrogens with zero attached hydrogens (tertiary/aromatic N) is 1. The van der Waals surface area contributed by atoms with Crippen LogP contribution in [-0.2, 0) is 5.33 Å². The summed E-state index contributed by atoms with van der Waals surface area (Å²) in [6, 6.07) is 8.27. The highest BCUT2D eigenvalue weighted by Gasteiger charge is 2.04. The van der Waals surface area contributed by atoms with Gasteiger partial charge in [-0.05, 0) is 22.6 Å². The third-order valence-electron chi connectivity index (χ3n) is 2.19. The maximum Gasteiger partial charge on any atom is 0.0912 e. The lowest BCUT2D eigenvalue weighted by molar-refractivity contribution is 1.51. The van der Waals surface area contributed by atoms with E-state index in [0.717, 1.165) is 10.9 Å². The zero-order valence-electron chi connectivity index (χ0n) is 7.90. The van der Waals surface area contributed by atoms with Crippen LogP contribution in [-0.4, -0.2) is 0 Å². The van der Waals surface area contributed by atoms with Crippen molar-refractivity contribution in [3.05, 3.63) is 40.8 Å². The molecule has 1 aromatic carbocycles. The molecule has 0 radical (unpaired) electrons. The number of benzene rings is 1. The molecule has 0 fully saturated rings. The van der Waals surface area contributed by atoms with Gasteiger partial charge in [0.2, 0.25) is 0 Å². The normalized spacial score (nSPS) is 10.9. The second-order valence-electron chi connectivity index (χ2n) is 3.08. The van der Waals surface area contributed by atoms with Crippen LogP contribution >= 0.6 is 27.3 Å². The predicted molar refractivity (Wildman–Crippen MR) is 69.1 cm³/mol. The molecule has 0 aliphatic heterocycles. The van der Waals surface area contributed by atoms with Gasteiger partial charge < -0.3 is 0 Å². The van der Waals surface area contributed by atoms with E-state index in [4.69, 9.17) is 5.26 Å². The number of halogens is 1. The van der Waals surface area contributed by atoms with Crippen molar-refractivity contribution in [3.8, 4) is 6.07 Å². The highest BCUT2D eigenvalue weighted by atomic mass is 79.9. The van der Waals surface area contributed by atoms with Crippen LogP contribution in [0.15, 0.2) is 29.7 Å². The lowest BCUT2D eigenvalue weighted by Gasteiger charge is -1.97. The Kier molecular flexibility index (Phi) is 3.20. The summed E-state index contributed by atoms with van der Waals surface area (Å²) in [6.07, 6.45) is 3.37. The Morgan fingerprint density at radius 2 is 2.33 bits per heavy atom. The largest absolute Gasteiger partial charge is 0.193 e. The molecule has 0 atom stereocenters. The highest BCUT2D eigenvalue weighted by molar-refractivity contribution is 9.08. The fraction of sp³-hybridized carbons (Fsp3) is 0.0833. The second-order valence-corrected chi connectivity index (χ2v) is 4.52. The third-order valence-corrected chi connectivity index (χ3v) is 3.89. The van der Waals surface area contributed by atoms with Crippen molar-refractivity contribution in [2.45, 2.75) is 5.33 Å². The second kappa shape index (κ2) is 4.61. The van der Waals surface area contributed by atoms with E-state index >= 15 is 0 Å². The van der Waals surface area contributed by atoms with Gasteiger partial charge in [0.1, 0.15) is 0 Å². The van der Waals surface area contributed by atoms with E-state index in [1.165, 1.54) is 21.7 Å². The molecule has 0 saturated carbocycles. The molecule has 74 valence electrons. The number of hydrogen-bond acceptors (Lipinski definition) is 2. The van der Waals surface area contributed by atoms with Crippen LogP contribution in [0.25, 0.3) is 16.2 Å². The van der Waals surface area contributed by atoms with E-state index < -0.39 is 0 Å². The molecule has 1 aromatic heterocycles. The van der Waals surface area contributed by atoms with Crippen molar-refractivity contribution < 1.29 is 0 Å². The Morgan fingerprint density at radius 3 is 3.07 bits per heavy atom. The van der Waals surface area contributed by atoms with E-state index in [9.17, 15) is 0 Å². The fourth-order valence-electron chi connectivity index (χ4n) is 1.50. The molecule has 0 spiro atoms. The van der Waals surface area contributed by atoms with Gasteiger partial charge in [-0.3, -0.25) is 0 Å². The summed E-state index contributed by atoms with van der Waals surface area (Å²) < 4.78 is 1.30. The van der Waals surface area contributed by atoms with E-state index in [1.54, 1.807) is 11.3 Å². The zero-order chi connectivity index (χ0) is 10.7. The van der Waals surface area contributed by atoms with Crippen LogP contribution in [0.1, 0.15) is 11.1 Å². The van der Waals surface area contributed by atoms with E-state index in [1.807, 2.05) is 12.1 Å². The Morgan fingerprint density at radius 1 is 1.47 bits per heavy atom. The van der Waals surface area contributed by atoms with Crippen molar-refractivity contribution in [1.29, 1.82) is 5.26 Å². The van der Waals surface area contributed by atoms with Crippen LogP contribution in [0.5, 0.6) is 0 Å². The molecule has 1 heterocycles. The van der Waals surface area contributed by atoms with Crippen molar-refractivity contribution >= 4 is 43.4 Å². The van der Waals surface area contributed by atoms with Gasteiger partial charge in [-0.15, -0.1) is 11.3 Å². The van der Waals surface area contributed by atoms with Gasteiger partial charge in [-0.1, -0.05) is 34.1 Å². The molecule has 3 heteroatoms. The molecular formula is C12H8BrNS. The Bertz CT molecular complexity index is 548. The van der Waals surface area contributed by atoms with Crippen molar-refractivity contribution in [2.75, 3.05) is 0 Å². The molecule has 0 aliphatic carbocycles. The number of nitriles is 1. The van der Waals surface area contributed by atoms with Crippen LogP contribution < -0.4 is 0 Å². The third kappa shape index (κ3) is 1.97. The van der Waals surface area contributed by atoms with E-state index in [0.29, 0.717) is 0 Å². The average molecular weight is 278 g/mol. The number of alkyl halides is 1. The number of allylic oxidation sites excluding steroid dienone is 1.